The molecule has 8 heteroatoms. The predicted octanol–water partition coefficient (Wildman–Crippen LogP) is 2.25. The predicted molar refractivity (Wildman–Crippen MR) is 109 cm³/mol. The first kappa shape index (κ1) is 19.3. The minimum atomic E-state index is -3.33. The van der Waals surface area contributed by atoms with Crippen LogP contribution in [0.2, 0.25) is 0 Å². The van der Waals surface area contributed by atoms with Gasteiger partial charge in [-0.25, -0.2) is 8.42 Å². The molecule has 0 saturated carbocycles. The highest BCUT2D eigenvalue weighted by molar-refractivity contribution is 7.91. The summed E-state index contributed by atoms with van der Waals surface area (Å²) in [5, 5.41) is 8.90. The van der Waals surface area contributed by atoms with Crippen LogP contribution in [0.25, 0.3) is 0 Å². The van der Waals surface area contributed by atoms with Crippen LogP contribution in [0, 0.1) is 0 Å². The van der Waals surface area contributed by atoms with Crippen molar-refractivity contribution in [3.63, 3.8) is 0 Å². The van der Waals surface area contributed by atoms with Crippen molar-refractivity contribution in [2.45, 2.75) is 36.7 Å². The van der Waals surface area contributed by atoms with Crippen molar-refractivity contribution in [1.82, 2.24) is 5.32 Å². The Morgan fingerprint density at radius 3 is 2.48 bits per heavy atom. The SMILES string of the molecule is CC(=O)C1CC(C(=O)NC2CCS(=O)(=O)c3ccccc32)=NN1c1ccccc1. The number of sulfone groups is 1. The van der Waals surface area contributed by atoms with Gasteiger partial charge < -0.3 is 5.32 Å². The number of carbonyl (C=O) groups excluding carboxylic acids is 2. The summed E-state index contributed by atoms with van der Waals surface area (Å²) in [5.41, 5.74) is 1.60. The molecule has 2 aromatic rings. The van der Waals surface area contributed by atoms with Crippen LogP contribution in [0.15, 0.2) is 64.6 Å². The third kappa shape index (κ3) is 3.67. The maximum absolute atomic E-state index is 12.9. The van der Waals surface area contributed by atoms with E-state index in [4.69, 9.17) is 0 Å². The topological polar surface area (TPSA) is 95.9 Å². The van der Waals surface area contributed by atoms with E-state index in [0.29, 0.717) is 12.0 Å². The van der Waals surface area contributed by atoms with Gasteiger partial charge in [-0.05, 0) is 37.1 Å². The maximum atomic E-state index is 12.9. The number of Topliss-reactive ketones (excluding diaryl/α,β-unsaturated/α-hetero) is 1. The maximum Gasteiger partial charge on any atom is 0.268 e. The number of nitrogens with zero attached hydrogens (tertiary/aromatic N) is 2. The largest absolute Gasteiger partial charge is 0.344 e. The molecule has 0 spiro atoms. The molecule has 0 aliphatic carbocycles. The van der Waals surface area contributed by atoms with E-state index in [0.717, 1.165) is 5.69 Å². The van der Waals surface area contributed by atoms with Gasteiger partial charge in [0, 0.05) is 6.42 Å². The summed E-state index contributed by atoms with van der Waals surface area (Å²) in [5.74, 6) is -0.475. The lowest BCUT2D eigenvalue weighted by atomic mass is 10.0. The number of nitrogens with one attached hydrogen (secondary N) is 1. The molecule has 1 amide bonds. The van der Waals surface area contributed by atoms with Crippen LogP contribution >= 0.6 is 0 Å². The van der Waals surface area contributed by atoms with Crippen LogP contribution in [-0.2, 0) is 19.4 Å². The van der Waals surface area contributed by atoms with Crippen molar-refractivity contribution in [1.29, 1.82) is 0 Å². The highest BCUT2D eigenvalue weighted by atomic mass is 32.2. The Morgan fingerprint density at radius 1 is 1.07 bits per heavy atom. The lowest BCUT2D eigenvalue weighted by Gasteiger charge is -2.26. The molecular weight excluding hydrogens is 390 g/mol. The second kappa shape index (κ2) is 7.44. The van der Waals surface area contributed by atoms with Crippen molar-refractivity contribution < 1.29 is 18.0 Å². The van der Waals surface area contributed by atoms with Crippen molar-refractivity contribution >= 4 is 32.9 Å². The molecule has 7 nitrogen and oxygen atoms in total. The number of anilines is 1. The average molecular weight is 411 g/mol. The molecule has 2 aliphatic heterocycles. The molecule has 150 valence electrons. The molecule has 2 unspecified atom stereocenters. The first-order chi connectivity index (χ1) is 13.9. The standard InChI is InChI=1S/C21H21N3O4S/c1-14(25)19-13-18(23-24(19)15-7-3-2-4-8-15)21(26)22-17-11-12-29(27,28)20-10-6-5-9-16(17)20/h2-10,17,19H,11-13H2,1H3,(H,22,26). The average Bonchev–Trinajstić information content (AvgIpc) is 3.17. The molecule has 1 N–H and O–H groups in total. The number of benzene rings is 2. The van der Waals surface area contributed by atoms with Crippen LogP contribution in [-0.4, -0.2) is 37.6 Å². The molecular formula is C21H21N3O4S. The summed E-state index contributed by atoms with van der Waals surface area (Å²) >= 11 is 0. The second-order valence-electron chi connectivity index (χ2n) is 7.23. The second-order valence-corrected chi connectivity index (χ2v) is 9.31. The smallest absolute Gasteiger partial charge is 0.268 e. The summed E-state index contributed by atoms with van der Waals surface area (Å²) < 4.78 is 24.6. The quantitative estimate of drug-likeness (QED) is 0.832. The van der Waals surface area contributed by atoms with E-state index in [1.165, 1.54) is 6.92 Å². The normalized spacial score (nSPS) is 22.5. The van der Waals surface area contributed by atoms with Crippen LogP contribution in [0.4, 0.5) is 5.69 Å². The van der Waals surface area contributed by atoms with Gasteiger partial charge in [-0.2, -0.15) is 5.10 Å². The zero-order valence-electron chi connectivity index (χ0n) is 15.9. The Hall–Kier alpha value is -3.00. The van der Waals surface area contributed by atoms with Crippen molar-refractivity contribution in [3.05, 3.63) is 60.2 Å². The third-order valence-electron chi connectivity index (χ3n) is 5.27. The number of carbonyl (C=O) groups is 2. The minimum Gasteiger partial charge on any atom is -0.344 e. The van der Waals surface area contributed by atoms with Crippen molar-refractivity contribution in [2.75, 3.05) is 10.8 Å². The first-order valence-corrected chi connectivity index (χ1v) is 11.1. The van der Waals surface area contributed by atoms with Gasteiger partial charge in [0.25, 0.3) is 5.91 Å². The Bertz CT molecular complexity index is 1100. The van der Waals surface area contributed by atoms with E-state index in [2.05, 4.69) is 10.4 Å². The number of amides is 1. The third-order valence-corrected chi connectivity index (χ3v) is 7.09. The Labute approximate surface area is 169 Å². The van der Waals surface area contributed by atoms with E-state index in [1.54, 1.807) is 29.3 Å². The van der Waals surface area contributed by atoms with Crippen LogP contribution in [0.1, 0.15) is 31.4 Å². The van der Waals surface area contributed by atoms with E-state index in [9.17, 15) is 18.0 Å². The van der Waals surface area contributed by atoms with Gasteiger partial charge in [0.05, 0.1) is 22.4 Å². The van der Waals surface area contributed by atoms with E-state index in [-0.39, 0.29) is 34.5 Å². The van der Waals surface area contributed by atoms with Crippen LogP contribution in [0.5, 0.6) is 0 Å². The molecule has 2 aromatic carbocycles. The van der Waals surface area contributed by atoms with Gasteiger partial charge >= 0.3 is 0 Å². The van der Waals surface area contributed by atoms with Gasteiger partial charge in [-0.1, -0.05) is 36.4 Å². The fourth-order valence-corrected chi connectivity index (χ4v) is 5.39. The van der Waals surface area contributed by atoms with Crippen molar-refractivity contribution in [3.8, 4) is 0 Å². The first-order valence-electron chi connectivity index (χ1n) is 9.41. The molecule has 0 aromatic heterocycles. The summed E-state index contributed by atoms with van der Waals surface area (Å²) in [4.78, 5) is 25.3. The molecule has 2 atom stereocenters. The molecule has 0 saturated heterocycles. The number of hydrazone groups is 1. The number of rotatable bonds is 4. The number of fused-ring (bicyclic) bond motifs is 1. The Balaban J connectivity index is 1.58. The monoisotopic (exact) mass is 411 g/mol. The zero-order chi connectivity index (χ0) is 20.6. The van der Waals surface area contributed by atoms with Gasteiger partial charge in [0.15, 0.2) is 15.6 Å². The van der Waals surface area contributed by atoms with E-state index >= 15 is 0 Å². The van der Waals surface area contributed by atoms with Gasteiger partial charge in [-0.3, -0.25) is 14.6 Å². The van der Waals surface area contributed by atoms with Crippen molar-refractivity contribution in [2.24, 2.45) is 5.10 Å². The molecule has 2 heterocycles. The molecule has 4 rings (SSSR count). The highest BCUT2D eigenvalue weighted by Crippen LogP contribution is 2.32. The lowest BCUT2D eigenvalue weighted by Crippen LogP contribution is -2.38. The van der Waals surface area contributed by atoms with E-state index < -0.39 is 21.9 Å². The number of hydrogen-bond acceptors (Lipinski definition) is 6. The fourth-order valence-electron chi connectivity index (χ4n) is 3.76. The highest BCUT2D eigenvalue weighted by Gasteiger charge is 2.36. The van der Waals surface area contributed by atoms with Gasteiger partial charge in [-0.15, -0.1) is 0 Å². The zero-order valence-corrected chi connectivity index (χ0v) is 16.7. The number of ketones is 1. The molecule has 0 bridgehead atoms. The summed E-state index contributed by atoms with van der Waals surface area (Å²) in [6, 6.07) is 15.0. The molecule has 2 aliphatic rings. The van der Waals surface area contributed by atoms with Gasteiger partial charge in [0.2, 0.25) is 0 Å². The van der Waals surface area contributed by atoms with Crippen LogP contribution in [0.3, 0.4) is 0 Å². The minimum absolute atomic E-state index is 0.0202. The molecule has 0 radical (unpaired) electrons. The summed E-state index contributed by atoms with van der Waals surface area (Å²) in [6.45, 7) is 1.49. The van der Waals surface area contributed by atoms with Gasteiger partial charge in [0.1, 0.15) is 11.8 Å². The van der Waals surface area contributed by atoms with E-state index in [1.807, 2.05) is 30.3 Å². The Kier molecular flexibility index (Phi) is 4.96. The number of hydrogen-bond donors (Lipinski definition) is 1. The summed E-state index contributed by atoms with van der Waals surface area (Å²) in [6.07, 6.45) is 0.514. The van der Waals surface area contributed by atoms with Crippen LogP contribution < -0.4 is 10.3 Å². The molecule has 0 fully saturated rings. The fraction of sp³-hybridized carbons (Fsp3) is 0.286. The summed E-state index contributed by atoms with van der Waals surface area (Å²) in [7, 11) is -3.33. The Morgan fingerprint density at radius 2 is 1.76 bits per heavy atom. The lowest BCUT2D eigenvalue weighted by molar-refractivity contribution is -0.118. The number of para-hydroxylation sites is 1. The molecule has 29 heavy (non-hydrogen) atoms.